The lowest BCUT2D eigenvalue weighted by atomic mass is 10.2. The molecule has 2 rings (SSSR count). The minimum Gasteiger partial charge on any atom is -0.388 e. The maximum Gasteiger partial charge on any atom is 0.163 e. The molecule has 1 heterocycles. The molecule has 0 bridgehead atoms. The van der Waals surface area contributed by atoms with Gasteiger partial charge in [0.05, 0.1) is 0 Å². The summed E-state index contributed by atoms with van der Waals surface area (Å²) in [6, 6.07) is 8.13. The largest absolute Gasteiger partial charge is 0.388 e. The predicted molar refractivity (Wildman–Crippen MR) is 60.7 cm³/mol. The summed E-state index contributed by atoms with van der Waals surface area (Å²) in [7, 11) is 3.87. The second kappa shape index (κ2) is 3.73. The summed E-state index contributed by atoms with van der Waals surface area (Å²) in [5, 5.41) is 11.2. The number of hydrogen-bond donors (Lipinski definition) is 1. The lowest BCUT2D eigenvalue weighted by molar-refractivity contribution is 0.865. The minimum absolute atomic E-state index is 0.898. The molecule has 1 aromatic carbocycles. The van der Waals surface area contributed by atoms with E-state index in [1.54, 1.807) is 0 Å². The van der Waals surface area contributed by atoms with Crippen LogP contribution in [0.25, 0.3) is 11.4 Å². The molecule has 0 saturated carbocycles. The molecule has 15 heavy (non-hydrogen) atoms. The minimum atomic E-state index is 0.898. The molecule has 4 nitrogen and oxygen atoms in total. The average molecular weight is 202 g/mol. The van der Waals surface area contributed by atoms with Crippen molar-refractivity contribution < 1.29 is 0 Å². The highest BCUT2D eigenvalue weighted by Crippen LogP contribution is 2.19. The van der Waals surface area contributed by atoms with Gasteiger partial charge in [0.1, 0.15) is 5.82 Å². The van der Waals surface area contributed by atoms with Gasteiger partial charge in [0, 0.05) is 25.3 Å². The van der Waals surface area contributed by atoms with Gasteiger partial charge in [0.25, 0.3) is 0 Å². The molecule has 0 radical (unpaired) electrons. The van der Waals surface area contributed by atoms with Gasteiger partial charge in [-0.25, -0.2) is 0 Å². The molecule has 0 fully saturated rings. The normalized spacial score (nSPS) is 10.3. The third-order valence-corrected chi connectivity index (χ3v) is 2.52. The molecule has 0 saturated heterocycles. The van der Waals surface area contributed by atoms with E-state index in [1.165, 1.54) is 0 Å². The van der Waals surface area contributed by atoms with Crippen molar-refractivity contribution in [1.82, 2.24) is 14.8 Å². The third kappa shape index (κ3) is 1.70. The van der Waals surface area contributed by atoms with Gasteiger partial charge in [0.2, 0.25) is 0 Å². The van der Waals surface area contributed by atoms with Gasteiger partial charge < -0.3 is 9.88 Å². The average Bonchev–Trinajstić information content (AvgIpc) is 2.60. The van der Waals surface area contributed by atoms with E-state index >= 15 is 0 Å². The second-order valence-corrected chi connectivity index (χ2v) is 3.46. The first-order chi connectivity index (χ1) is 7.22. The number of anilines is 1. The van der Waals surface area contributed by atoms with Crippen molar-refractivity contribution in [3.05, 3.63) is 30.1 Å². The van der Waals surface area contributed by atoms with E-state index in [4.69, 9.17) is 0 Å². The first-order valence-electron chi connectivity index (χ1n) is 4.86. The van der Waals surface area contributed by atoms with E-state index in [2.05, 4.69) is 15.5 Å². The number of benzene rings is 1. The van der Waals surface area contributed by atoms with Gasteiger partial charge >= 0.3 is 0 Å². The van der Waals surface area contributed by atoms with Crippen molar-refractivity contribution in [1.29, 1.82) is 0 Å². The zero-order valence-corrected chi connectivity index (χ0v) is 9.15. The van der Waals surface area contributed by atoms with Crippen LogP contribution in [0.5, 0.6) is 0 Å². The monoisotopic (exact) mass is 202 g/mol. The summed E-state index contributed by atoms with van der Waals surface area (Å²) < 4.78 is 1.98. The molecule has 0 aliphatic heterocycles. The maximum atomic E-state index is 4.13. The summed E-state index contributed by atoms with van der Waals surface area (Å²) >= 11 is 0. The Labute approximate surface area is 89.0 Å². The highest BCUT2D eigenvalue weighted by Gasteiger charge is 2.06. The number of nitrogens with zero attached hydrogens (tertiary/aromatic N) is 3. The molecule has 0 spiro atoms. The quantitative estimate of drug-likeness (QED) is 0.808. The molecule has 1 aromatic heterocycles. The molecule has 78 valence electrons. The Balaban J connectivity index is 2.41. The molecule has 1 N–H and O–H groups in total. The maximum absolute atomic E-state index is 4.13. The second-order valence-electron chi connectivity index (χ2n) is 3.46. The van der Waals surface area contributed by atoms with E-state index < -0.39 is 0 Å². The number of hydrogen-bond acceptors (Lipinski definition) is 3. The van der Waals surface area contributed by atoms with Gasteiger partial charge in [0.15, 0.2) is 5.82 Å². The molecule has 0 amide bonds. The topological polar surface area (TPSA) is 42.7 Å². The third-order valence-electron chi connectivity index (χ3n) is 2.52. The van der Waals surface area contributed by atoms with Crippen molar-refractivity contribution in [2.75, 3.05) is 12.4 Å². The first kappa shape index (κ1) is 9.71. The highest BCUT2D eigenvalue weighted by atomic mass is 15.3. The van der Waals surface area contributed by atoms with Gasteiger partial charge in [-0.3, -0.25) is 0 Å². The Morgan fingerprint density at radius 1 is 1.13 bits per heavy atom. The van der Waals surface area contributed by atoms with E-state index in [1.807, 2.05) is 49.9 Å². The van der Waals surface area contributed by atoms with Crippen LogP contribution in [0.1, 0.15) is 5.82 Å². The predicted octanol–water partition coefficient (Wildman–Crippen LogP) is 1.83. The fraction of sp³-hybridized carbons (Fsp3) is 0.273. The number of aromatic nitrogens is 3. The summed E-state index contributed by atoms with van der Waals surface area (Å²) in [5.41, 5.74) is 2.18. The van der Waals surface area contributed by atoms with Crippen LogP contribution in [0.4, 0.5) is 5.69 Å². The summed E-state index contributed by atoms with van der Waals surface area (Å²) in [5.74, 6) is 1.82. The van der Waals surface area contributed by atoms with Crippen molar-refractivity contribution in [3.8, 4) is 11.4 Å². The standard InChI is InChI=1S/C11H14N4/c1-8-13-14-11(15(8)3)9-4-6-10(12-2)7-5-9/h4-7,12H,1-3H3. The van der Waals surface area contributed by atoms with E-state index in [9.17, 15) is 0 Å². The van der Waals surface area contributed by atoms with Gasteiger partial charge in [-0.2, -0.15) is 0 Å². The lowest BCUT2D eigenvalue weighted by Gasteiger charge is -2.03. The smallest absolute Gasteiger partial charge is 0.163 e. The zero-order valence-electron chi connectivity index (χ0n) is 9.15. The number of rotatable bonds is 2. The summed E-state index contributed by atoms with van der Waals surface area (Å²) in [4.78, 5) is 0. The molecule has 4 heteroatoms. The molecular formula is C11H14N4. The van der Waals surface area contributed by atoms with Crippen LogP contribution in [0.2, 0.25) is 0 Å². The van der Waals surface area contributed by atoms with Crippen LogP contribution >= 0.6 is 0 Å². The van der Waals surface area contributed by atoms with Crippen LogP contribution in [-0.4, -0.2) is 21.8 Å². The SMILES string of the molecule is CNc1ccc(-c2nnc(C)n2C)cc1. The Bertz CT molecular complexity index is 456. The van der Waals surface area contributed by atoms with Crippen molar-refractivity contribution in [2.24, 2.45) is 7.05 Å². The van der Waals surface area contributed by atoms with Crippen LogP contribution < -0.4 is 5.32 Å². The number of aryl methyl sites for hydroxylation is 1. The Morgan fingerprint density at radius 2 is 1.80 bits per heavy atom. The van der Waals surface area contributed by atoms with Gasteiger partial charge in [-0.05, 0) is 31.2 Å². The van der Waals surface area contributed by atoms with Crippen molar-refractivity contribution in [3.63, 3.8) is 0 Å². The van der Waals surface area contributed by atoms with Crippen LogP contribution in [0, 0.1) is 6.92 Å². The zero-order chi connectivity index (χ0) is 10.8. The first-order valence-corrected chi connectivity index (χ1v) is 4.86. The van der Waals surface area contributed by atoms with E-state index in [0.717, 1.165) is 22.9 Å². The highest BCUT2D eigenvalue weighted by molar-refractivity contribution is 5.59. The van der Waals surface area contributed by atoms with E-state index in [-0.39, 0.29) is 0 Å². The molecular weight excluding hydrogens is 188 g/mol. The Morgan fingerprint density at radius 3 is 2.27 bits per heavy atom. The van der Waals surface area contributed by atoms with Crippen LogP contribution in [0.15, 0.2) is 24.3 Å². The van der Waals surface area contributed by atoms with Gasteiger partial charge in [-0.15, -0.1) is 10.2 Å². The van der Waals surface area contributed by atoms with Crippen molar-refractivity contribution >= 4 is 5.69 Å². The fourth-order valence-corrected chi connectivity index (χ4v) is 1.44. The number of nitrogens with one attached hydrogen (secondary N) is 1. The van der Waals surface area contributed by atoms with Gasteiger partial charge in [-0.1, -0.05) is 0 Å². The Kier molecular flexibility index (Phi) is 2.41. The molecule has 0 atom stereocenters. The summed E-state index contributed by atoms with van der Waals surface area (Å²) in [6.45, 7) is 1.94. The van der Waals surface area contributed by atoms with E-state index in [0.29, 0.717) is 0 Å². The fourth-order valence-electron chi connectivity index (χ4n) is 1.44. The molecule has 2 aromatic rings. The van der Waals surface area contributed by atoms with Crippen LogP contribution in [0.3, 0.4) is 0 Å². The molecule has 0 unspecified atom stereocenters. The summed E-state index contributed by atoms with van der Waals surface area (Å²) in [6.07, 6.45) is 0. The Hall–Kier alpha value is -1.84. The lowest BCUT2D eigenvalue weighted by Crippen LogP contribution is -1.95. The molecule has 0 aliphatic rings. The molecule has 0 aliphatic carbocycles. The van der Waals surface area contributed by atoms with Crippen molar-refractivity contribution in [2.45, 2.75) is 6.92 Å². The van der Waals surface area contributed by atoms with Crippen LogP contribution in [-0.2, 0) is 7.05 Å².